The average Bonchev–Trinajstić information content (AvgIpc) is 3.13. The van der Waals surface area contributed by atoms with Crippen LogP contribution in [0.25, 0.3) is 10.9 Å². The molecule has 0 radical (unpaired) electrons. The first-order valence-electron chi connectivity index (χ1n) is 9.51. The molecule has 9 heteroatoms. The summed E-state index contributed by atoms with van der Waals surface area (Å²) in [7, 11) is 1.60. The van der Waals surface area contributed by atoms with E-state index in [0.29, 0.717) is 30.5 Å². The highest BCUT2D eigenvalue weighted by atomic mass is 16.5. The summed E-state index contributed by atoms with van der Waals surface area (Å²) in [6.45, 7) is 3.82. The van der Waals surface area contributed by atoms with E-state index in [4.69, 9.17) is 15.2 Å². The lowest BCUT2D eigenvalue weighted by molar-refractivity contribution is 0.0929. The molecular weight excluding hydrogens is 362 g/mol. The molecule has 1 aliphatic heterocycles. The van der Waals surface area contributed by atoms with Crippen molar-refractivity contribution < 1.29 is 19.1 Å². The molecule has 3 rings (SSSR count). The zero-order chi connectivity index (χ0) is 19.9. The largest absolute Gasteiger partial charge is 0.497 e. The summed E-state index contributed by atoms with van der Waals surface area (Å²) in [5, 5.41) is 10.8. The number of likely N-dealkylation sites (tertiary alicyclic amines) is 1. The topological polar surface area (TPSA) is 123 Å². The van der Waals surface area contributed by atoms with Gasteiger partial charge in [0.25, 0.3) is 5.91 Å². The van der Waals surface area contributed by atoms with E-state index in [1.165, 1.54) is 0 Å². The van der Waals surface area contributed by atoms with Gasteiger partial charge in [-0.05, 0) is 56.5 Å². The molecule has 1 saturated heterocycles. The number of aromatic amines is 1. The van der Waals surface area contributed by atoms with Crippen LogP contribution in [-0.2, 0) is 4.74 Å². The van der Waals surface area contributed by atoms with Crippen molar-refractivity contribution in [2.24, 2.45) is 11.7 Å². The highest BCUT2D eigenvalue weighted by molar-refractivity contribution is 6.05. The fraction of sp³-hybridized carbons (Fsp3) is 0.526. The van der Waals surface area contributed by atoms with Crippen LogP contribution in [0.2, 0.25) is 0 Å². The van der Waals surface area contributed by atoms with Gasteiger partial charge in [0, 0.05) is 18.5 Å². The van der Waals surface area contributed by atoms with Gasteiger partial charge in [-0.25, -0.2) is 4.79 Å². The number of carbonyl (C=O) groups is 2. The average molecular weight is 389 g/mol. The van der Waals surface area contributed by atoms with Crippen LogP contribution < -0.4 is 15.8 Å². The summed E-state index contributed by atoms with van der Waals surface area (Å²) < 4.78 is 9.98. The van der Waals surface area contributed by atoms with Gasteiger partial charge in [0.15, 0.2) is 5.69 Å². The number of primary amides is 1. The van der Waals surface area contributed by atoms with E-state index in [9.17, 15) is 9.59 Å². The van der Waals surface area contributed by atoms with Gasteiger partial charge in [-0.3, -0.25) is 9.89 Å². The smallest absolute Gasteiger partial charge is 0.404 e. The Morgan fingerprint density at radius 3 is 2.86 bits per heavy atom. The van der Waals surface area contributed by atoms with Crippen LogP contribution >= 0.6 is 0 Å². The third-order valence-electron chi connectivity index (χ3n) is 5.11. The minimum atomic E-state index is -0.724. The van der Waals surface area contributed by atoms with E-state index in [-0.39, 0.29) is 5.91 Å². The number of amides is 2. The number of rotatable bonds is 8. The second-order valence-corrected chi connectivity index (χ2v) is 7.00. The number of piperidine rings is 1. The number of fused-ring (bicyclic) bond motifs is 1. The maximum absolute atomic E-state index is 12.6. The van der Waals surface area contributed by atoms with Crippen molar-refractivity contribution in [3.63, 3.8) is 0 Å². The van der Waals surface area contributed by atoms with Crippen LogP contribution in [0, 0.1) is 5.92 Å². The quantitative estimate of drug-likeness (QED) is 0.588. The molecule has 2 aromatic rings. The molecule has 152 valence electrons. The predicted molar refractivity (Wildman–Crippen MR) is 104 cm³/mol. The molecular formula is C19H27N5O4. The monoisotopic (exact) mass is 389 g/mol. The number of hydrogen-bond acceptors (Lipinski definition) is 6. The summed E-state index contributed by atoms with van der Waals surface area (Å²) in [6, 6.07) is 5.49. The number of hydrogen-bond donors (Lipinski definition) is 3. The zero-order valence-corrected chi connectivity index (χ0v) is 16.1. The fourth-order valence-electron chi connectivity index (χ4n) is 3.49. The number of nitrogens with one attached hydrogen (secondary N) is 2. The molecule has 1 aliphatic rings. The Morgan fingerprint density at radius 1 is 1.36 bits per heavy atom. The molecule has 2 amide bonds. The molecule has 1 aromatic heterocycles. The molecule has 28 heavy (non-hydrogen) atoms. The number of aromatic nitrogens is 2. The molecule has 4 N–H and O–H groups in total. The standard InChI is InChI=1S/C19H27N5O4/c1-27-14-3-4-16-15(11-14)17(23-22-16)18(25)21-12-13-5-8-24(9-6-13)7-2-10-28-19(20)26/h3-4,11,13H,2,5-10,12H2,1H3,(H2,20,26)(H,21,25)(H,22,23). The normalized spacial score (nSPS) is 15.5. The number of H-pyrrole nitrogens is 1. The zero-order valence-electron chi connectivity index (χ0n) is 16.1. The molecule has 0 bridgehead atoms. The Hall–Kier alpha value is -2.81. The molecule has 1 fully saturated rings. The minimum Gasteiger partial charge on any atom is -0.497 e. The third-order valence-corrected chi connectivity index (χ3v) is 5.11. The van der Waals surface area contributed by atoms with Gasteiger partial charge in [0.1, 0.15) is 5.75 Å². The third kappa shape index (κ3) is 5.13. The van der Waals surface area contributed by atoms with Crippen molar-refractivity contribution in [3.8, 4) is 5.75 Å². The van der Waals surface area contributed by atoms with Crippen LogP contribution in [0.3, 0.4) is 0 Å². The van der Waals surface area contributed by atoms with Crippen LogP contribution in [0.4, 0.5) is 4.79 Å². The van der Waals surface area contributed by atoms with E-state index in [0.717, 1.165) is 49.8 Å². The Kier molecular flexibility index (Phi) is 6.70. The van der Waals surface area contributed by atoms with Gasteiger partial charge in [0.2, 0.25) is 0 Å². The molecule has 2 heterocycles. The number of nitrogens with two attached hydrogens (primary N) is 1. The highest BCUT2D eigenvalue weighted by Crippen LogP contribution is 2.22. The number of benzene rings is 1. The molecule has 0 unspecified atom stereocenters. The van der Waals surface area contributed by atoms with E-state index < -0.39 is 6.09 Å². The Bertz CT molecular complexity index is 814. The molecule has 9 nitrogen and oxygen atoms in total. The summed E-state index contributed by atoms with van der Waals surface area (Å²) in [4.78, 5) is 25.5. The van der Waals surface area contributed by atoms with Crippen molar-refractivity contribution >= 4 is 22.9 Å². The summed E-state index contributed by atoms with van der Waals surface area (Å²) in [5.41, 5.74) is 6.14. The number of carbonyl (C=O) groups excluding carboxylic acids is 2. The van der Waals surface area contributed by atoms with Gasteiger partial charge < -0.3 is 25.4 Å². The van der Waals surface area contributed by atoms with Crippen LogP contribution in [0.1, 0.15) is 29.8 Å². The molecule has 0 aliphatic carbocycles. The van der Waals surface area contributed by atoms with Crippen molar-refractivity contribution in [1.29, 1.82) is 0 Å². The summed E-state index contributed by atoms with van der Waals surface area (Å²) in [6.07, 6.45) is 2.09. The maximum Gasteiger partial charge on any atom is 0.404 e. The highest BCUT2D eigenvalue weighted by Gasteiger charge is 2.21. The van der Waals surface area contributed by atoms with Gasteiger partial charge in [-0.2, -0.15) is 5.10 Å². The van der Waals surface area contributed by atoms with Gasteiger partial charge in [0.05, 0.1) is 19.2 Å². The van der Waals surface area contributed by atoms with Crippen molar-refractivity contribution in [2.45, 2.75) is 19.3 Å². The fourth-order valence-corrected chi connectivity index (χ4v) is 3.49. The lowest BCUT2D eigenvalue weighted by Crippen LogP contribution is -2.39. The molecule has 0 atom stereocenters. The Labute approximate surface area is 163 Å². The van der Waals surface area contributed by atoms with Crippen LogP contribution in [0.15, 0.2) is 18.2 Å². The van der Waals surface area contributed by atoms with Crippen LogP contribution in [-0.4, -0.2) is 67.0 Å². The van der Waals surface area contributed by atoms with Gasteiger partial charge in [-0.15, -0.1) is 0 Å². The number of nitrogens with zero attached hydrogens (tertiary/aromatic N) is 2. The van der Waals surface area contributed by atoms with Crippen molar-refractivity contribution in [1.82, 2.24) is 20.4 Å². The van der Waals surface area contributed by atoms with Crippen molar-refractivity contribution in [3.05, 3.63) is 23.9 Å². The first kappa shape index (κ1) is 19.9. The van der Waals surface area contributed by atoms with E-state index in [2.05, 4.69) is 20.4 Å². The number of ether oxygens (including phenoxy) is 2. The molecule has 0 saturated carbocycles. The summed E-state index contributed by atoms with van der Waals surface area (Å²) >= 11 is 0. The van der Waals surface area contributed by atoms with Crippen LogP contribution in [0.5, 0.6) is 5.75 Å². The van der Waals surface area contributed by atoms with E-state index in [1.54, 1.807) is 7.11 Å². The summed E-state index contributed by atoms with van der Waals surface area (Å²) in [5.74, 6) is 0.962. The minimum absolute atomic E-state index is 0.175. The maximum atomic E-state index is 12.6. The first-order chi connectivity index (χ1) is 13.6. The number of methoxy groups -OCH3 is 1. The second-order valence-electron chi connectivity index (χ2n) is 7.00. The molecule has 1 aromatic carbocycles. The lowest BCUT2D eigenvalue weighted by Gasteiger charge is -2.31. The second kappa shape index (κ2) is 9.41. The van der Waals surface area contributed by atoms with Crippen molar-refractivity contribution in [2.75, 3.05) is 39.9 Å². The Balaban J connectivity index is 1.43. The Morgan fingerprint density at radius 2 is 2.14 bits per heavy atom. The predicted octanol–water partition coefficient (Wildman–Crippen LogP) is 1.50. The van der Waals surface area contributed by atoms with E-state index in [1.807, 2.05) is 18.2 Å². The SMILES string of the molecule is COc1ccc2[nH]nc(C(=O)NCC3CCN(CCCOC(N)=O)CC3)c2c1. The first-order valence-corrected chi connectivity index (χ1v) is 9.51. The van der Waals surface area contributed by atoms with Gasteiger partial charge >= 0.3 is 6.09 Å². The van der Waals surface area contributed by atoms with Gasteiger partial charge in [-0.1, -0.05) is 0 Å². The van der Waals surface area contributed by atoms with E-state index >= 15 is 0 Å². The lowest BCUT2D eigenvalue weighted by atomic mass is 9.96. The molecule has 0 spiro atoms.